The summed E-state index contributed by atoms with van der Waals surface area (Å²) >= 11 is 0. The van der Waals surface area contributed by atoms with Gasteiger partial charge in [-0.05, 0) is 27.7 Å². The molecule has 0 spiro atoms. The Hall–Kier alpha value is -0.650. The Morgan fingerprint density at radius 2 is 1.94 bits per heavy atom. The average molecular weight is 229 g/mol. The van der Waals surface area contributed by atoms with Crippen molar-refractivity contribution >= 4 is 5.91 Å². The minimum Gasteiger partial charge on any atom is -0.373 e. The largest absolute Gasteiger partial charge is 0.373 e. The van der Waals surface area contributed by atoms with Crippen molar-refractivity contribution in [2.45, 2.75) is 39.9 Å². The number of hydrogen-bond acceptors (Lipinski definition) is 4. The molecule has 1 rings (SSSR count). The van der Waals surface area contributed by atoms with E-state index in [1.807, 2.05) is 13.8 Å². The number of nitrogens with zero attached hydrogens (tertiary/aromatic N) is 1. The van der Waals surface area contributed by atoms with E-state index in [2.05, 4.69) is 24.2 Å². The van der Waals surface area contributed by atoms with Crippen LogP contribution in [0.25, 0.3) is 0 Å². The SMILES string of the molecule is CC1CN(CC(C)(C)C(=O)NN)CC(C)O1. The fourth-order valence-corrected chi connectivity index (χ4v) is 2.24. The third-order valence-electron chi connectivity index (χ3n) is 2.86. The quantitative estimate of drug-likeness (QED) is 0.409. The van der Waals surface area contributed by atoms with Gasteiger partial charge in [0.2, 0.25) is 5.91 Å². The molecule has 0 saturated carbocycles. The van der Waals surface area contributed by atoms with Gasteiger partial charge in [-0.25, -0.2) is 5.84 Å². The molecule has 0 aromatic carbocycles. The second kappa shape index (κ2) is 5.12. The maximum atomic E-state index is 11.6. The number of carbonyl (C=O) groups excluding carboxylic acids is 1. The molecule has 1 saturated heterocycles. The van der Waals surface area contributed by atoms with Crippen molar-refractivity contribution in [3.8, 4) is 0 Å². The van der Waals surface area contributed by atoms with Crippen LogP contribution in [0.2, 0.25) is 0 Å². The molecule has 0 aliphatic carbocycles. The van der Waals surface area contributed by atoms with Gasteiger partial charge in [0.25, 0.3) is 0 Å². The van der Waals surface area contributed by atoms with Crippen LogP contribution in [-0.2, 0) is 9.53 Å². The van der Waals surface area contributed by atoms with Gasteiger partial charge in [0.05, 0.1) is 17.6 Å². The minimum atomic E-state index is -0.467. The zero-order valence-electron chi connectivity index (χ0n) is 10.6. The van der Waals surface area contributed by atoms with Crippen LogP contribution in [0.1, 0.15) is 27.7 Å². The molecule has 16 heavy (non-hydrogen) atoms. The van der Waals surface area contributed by atoms with Crippen molar-refractivity contribution in [2.75, 3.05) is 19.6 Å². The maximum absolute atomic E-state index is 11.6. The van der Waals surface area contributed by atoms with Gasteiger partial charge < -0.3 is 4.74 Å². The van der Waals surface area contributed by atoms with Crippen LogP contribution >= 0.6 is 0 Å². The molecule has 5 nitrogen and oxygen atoms in total. The third-order valence-corrected chi connectivity index (χ3v) is 2.86. The van der Waals surface area contributed by atoms with E-state index in [1.54, 1.807) is 0 Å². The van der Waals surface area contributed by atoms with Gasteiger partial charge in [0.15, 0.2) is 0 Å². The fourth-order valence-electron chi connectivity index (χ4n) is 2.24. The second-order valence-electron chi connectivity index (χ2n) is 5.31. The van der Waals surface area contributed by atoms with Crippen molar-refractivity contribution in [3.05, 3.63) is 0 Å². The Bertz CT molecular complexity index is 246. The number of hydrazine groups is 1. The lowest BCUT2D eigenvalue weighted by molar-refractivity contribution is -0.133. The van der Waals surface area contributed by atoms with E-state index in [9.17, 15) is 4.79 Å². The number of amides is 1. The number of nitrogens with one attached hydrogen (secondary N) is 1. The molecule has 1 aliphatic heterocycles. The summed E-state index contributed by atoms with van der Waals surface area (Å²) in [6, 6.07) is 0. The summed E-state index contributed by atoms with van der Waals surface area (Å²) in [6.07, 6.45) is 0.445. The predicted octanol–water partition coefficient (Wildman–Crippen LogP) is 0.112. The van der Waals surface area contributed by atoms with Crippen LogP contribution in [-0.4, -0.2) is 42.6 Å². The van der Waals surface area contributed by atoms with Crippen molar-refractivity contribution in [1.29, 1.82) is 0 Å². The van der Waals surface area contributed by atoms with Crippen LogP contribution in [0.3, 0.4) is 0 Å². The molecule has 0 aromatic rings. The number of rotatable bonds is 3. The average Bonchev–Trinajstić information content (AvgIpc) is 2.13. The van der Waals surface area contributed by atoms with Crippen LogP contribution in [0.4, 0.5) is 0 Å². The Balaban J connectivity index is 2.56. The van der Waals surface area contributed by atoms with Crippen molar-refractivity contribution in [2.24, 2.45) is 11.3 Å². The van der Waals surface area contributed by atoms with Crippen LogP contribution < -0.4 is 11.3 Å². The van der Waals surface area contributed by atoms with Gasteiger partial charge >= 0.3 is 0 Å². The monoisotopic (exact) mass is 229 g/mol. The molecule has 5 heteroatoms. The number of ether oxygens (including phenoxy) is 1. The van der Waals surface area contributed by atoms with E-state index in [1.165, 1.54) is 0 Å². The molecule has 0 aromatic heterocycles. The van der Waals surface area contributed by atoms with E-state index in [4.69, 9.17) is 10.6 Å². The van der Waals surface area contributed by atoms with E-state index < -0.39 is 5.41 Å². The summed E-state index contributed by atoms with van der Waals surface area (Å²) in [5.74, 6) is 5.05. The smallest absolute Gasteiger partial charge is 0.240 e. The Kier molecular flexibility index (Phi) is 4.29. The highest BCUT2D eigenvalue weighted by molar-refractivity contribution is 5.81. The molecule has 0 bridgehead atoms. The first kappa shape index (κ1) is 13.4. The zero-order chi connectivity index (χ0) is 12.3. The van der Waals surface area contributed by atoms with Crippen molar-refractivity contribution in [1.82, 2.24) is 10.3 Å². The van der Waals surface area contributed by atoms with E-state index in [-0.39, 0.29) is 18.1 Å². The molecule has 2 atom stereocenters. The topological polar surface area (TPSA) is 67.6 Å². The summed E-state index contributed by atoms with van der Waals surface area (Å²) in [6.45, 7) is 10.3. The number of nitrogens with two attached hydrogens (primary N) is 1. The lowest BCUT2D eigenvalue weighted by atomic mass is 9.91. The molecule has 1 heterocycles. The fraction of sp³-hybridized carbons (Fsp3) is 0.909. The lowest BCUT2D eigenvalue weighted by Gasteiger charge is -2.38. The third kappa shape index (κ3) is 3.43. The molecule has 1 fully saturated rings. The van der Waals surface area contributed by atoms with Gasteiger partial charge in [0.1, 0.15) is 0 Å². The summed E-state index contributed by atoms with van der Waals surface area (Å²) in [5, 5.41) is 0. The molecular formula is C11H23N3O2. The Morgan fingerprint density at radius 1 is 1.44 bits per heavy atom. The molecule has 3 N–H and O–H groups in total. The molecule has 1 aliphatic rings. The first-order valence-corrected chi connectivity index (χ1v) is 5.74. The molecule has 0 radical (unpaired) electrons. The molecule has 94 valence electrons. The zero-order valence-corrected chi connectivity index (χ0v) is 10.6. The van der Waals surface area contributed by atoms with E-state index >= 15 is 0 Å². The summed E-state index contributed by atoms with van der Waals surface area (Å²) in [5.41, 5.74) is 1.75. The Labute approximate surface area is 97.3 Å². The predicted molar refractivity (Wildman–Crippen MR) is 62.6 cm³/mol. The van der Waals surface area contributed by atoms with Crippen LogP contribution in [0, 0.1) is 5.41 Å². The standard InChI is InChI=1S/C11H23N3O2/c1-8-5-14(6-9(2)16-8)7-11(3,4)10(15)13-12/h8-9H,5-7,12H2,1-4H3,(H,13,15). The highest BCUT2D eigenvalue weighted by Gasteiger charge is 2.32. The van der Waals surface area contributed by atoms with E-state index in [0.717, 1.165) is 13.1 Å². The number of carbonyl (C=O) groups is 1. The summed E-state index contributed by atoms with van der Waals surface area (Å²) < 4.78 is 5.65. The number of hydrogen-bond donors (Lipinski definition) is 2. The Morgan fingerprint density at radius 3 is 2.38 bits per heavy atom. The molecule has 2 unspecified atom stereocenters. The van der Waals surface area contributed by atoms with Gasteiger partial charge in [-0.2, -0.15) is 0 Å². The minimum absolute atomic E-state index is 0.126. The van der Waals surface area contributed by atoms with Crippen LogP contribution in [0.5, 0.6) is 0 Å². The summed E-state index contributed by atoms with van der Waals surface area (Å²) in [7, 11) is 0. The van der Waals surface area contributed by atoms with Gasteiger partial charge in [-0.15, -0.1) is 0 Å². The van der Waals surface area contributed by atoms with Gasteiger partial charge in [-0.1, -0.05) is 0 Å². The lowest BCUT2D eigenvalue weighted by Crippen LogP contribution is -2.52. The first-order chi connectivity index (χ1) is 7.35. The molecule has 1 amide bonds. The highest BCUT2D eigenvalue weighted by atomic mass is 16.5. The van der Waals surface area contributed by atoms with Gasteiger partial charge in [0, 0.05) is 19.6 Å². The van der Waals surface area contributed by atoms with Gasteiger partial charge in [-0.3, -0.25) is 15.1 Å². The van der Waals surface area contributed by atoms with Crippen molar-refractivity contribution < 1.29 is 9.53 Å². The summed E-state index contributed by atoms with van der Waals surface area (Å²) in [4.78, 5) is 13.8. The number of morpholine rings is 1. The van der Waals surface area contributed by atoms with Crippen LogP contribution in [0.15, 0.2) is 0 Å². The highest BCUT2D eigenvalue weighted by Crippen LogP contribution is 2.20. The maximum Gasteiger partial charge on any atom is 0.240 e. The molecular weight excluding hydrogens is 206 g/mol. The van der Waals surface area contributed by atoms with E-state index in [0.29, 0.717) is 6.54 Å². The first-order valence-electron chi connectivity index (χ1n) is 5.74. The normalized spacial score (nSPS) is 27.8. The van der Waals surface area contributed by atoms with Crippen molar-refractivity contribution in [3.63, 3.8) is 0 Å². The second-order valence-corrected chi connectivity index (χ2v) is 5.31.